The summed E-state index contributed by atoms with van der Waals surface area (Å²) in [5.74, 6) is 0.869. The number of hydrogen-bond donors (Lipinski definition) is 1. The van der Waals surface area contributed by atoms with Gasteiger partial charge in [-0.2, -0.15) is 0 Å². The Kier molecular flexibility index (Phi) is 3.24. The first-order valence-electron chi connectivity index (χ1n) is 5.93. The van der Waals surface area contributed by atoms with E-state index in [1.807, 2.05) is 12.4 Å². The first kappa shape index (κ1) is 10.5. The number of nitrogens with zero attached hydrogens (tertiary/aromatic N) is 1. The number of nitrogens with one attached hydrogen (secondary N) is 1. The van der Waals surface area contributed by atoms with E-state index in [0.29, 0.717) is 6.04 Å². The summed E-state index contributed by atoms with van der Waals surface area (Å²) in [7, 11) is 0. The second-order valence-electron chi connectivity index (χ2n) is 4.80. The second kappa shape index (κ2) is 4.65. The lowest BCUT2D eigenvalue weighted by molar-refractivity contribution is 0.358. The summed E-state index contributed by atoms with van der Waals surface area (Å²) >= 11 is 0. The molecule has 15 heavy (non-hydrogen) atoms. The molecule has 0 aromatic carbocycles. The molecule has 0 amide bonds. The summed E-state index contributed by atoms with van der Waals surface area (Å²) in [4.78, 5) is 4.17. The van der Waals surface area contributed by atoms with Crippen molar-refractivity contribution < 1.29 is 0 Å². The van der Waals surface area contributed by atoms with Crippen LogP contribution in [-0.4, -0.2) is 11.0 Å². The van der Waals surface area contributed by atoms with Crippen molar-refractivity contribution in [1.82, 2.24) is 4.98 Å². The Labute approximate surface area is 92.1 Å². The van der Waals surface area contributed by atoms with Crippen LogP contribution in [0.25, 0.3) is 0 Å². The average Bonchev–Trinajstić information content (AvgIpc) is 2.22. The Bertz CT molecular complexity index is 322. The summed E-state index contributed by atoms with van der Waals surface area (Å²) in [5.41, 5.74) is 2.50. The number of rotatable bonds is 2. The van der Waals surface area contributed by atoms with Gasteiger partial charge in [-0.3, -0.25) is 4.98 Å². The largest absolute Gasteiger partial charge is 0.381 e. The summed E-state index contributed by atoms with van der Waals surface area (Å²) in [5, 5.41) is 3.62. The third-order valence-electron chi connectivity index (χ3n) is 3.34. The molecule has 0 radical (unpaired) electrons. The van der Waals surface area contributed by atoms with E-state index in [2.05, 4.69) is 30.2 Å². The molecule has 0 saturated heterocycles. The third kappa shape index (κ3) is 2.71. The van der Waals surface area contributed by atoms with Crippen LogP contribution in [0, 0.1) is 12.8 Å². The Hall–Kier alpha value is -1.05. The van der Waals surface area contributed by atoms with Gasteiger partial charge in [-0.15, -0.1) is 0 Å². The fraction of sp³-hybridized carbons (Fsp3) is 0.615. The highest BCUT2D eigenvalue weighted by atomic mass is 14.9. The highest BCUT2D eigenvalue weighted by molar-refractivity contribution is 5.48. The molecule has 82 valence electrons. The second-order valence-corrected chi connectivity index (χ2v) is 4.80. The van der Waals surface area contributed by atoms with Gasteiger partial charge in [0.05, 0.1) is 11.9 Å². The molecule has 1 aliphatic carbocycles. The minimum absolute atomic E-state index is 0.650. The molecule has 1 aromatic heterocycles. The minimum atomic E-state index is 0.650. The van der Waals surface area contributed by atoms with Gasteiger partial charge in [-0.25, -0.2) is 0 Å². The molecule has 1 saturated carbocycles. The molecule has 1 aliphatic rings. The number of anilines is 1. The predicted octanol–water partition coefficient (Wildman–Crippen LogP) is 3.38. The molecule has 2 heteroatoms. The van der Waals surface area contributed by atoms with E-state index in [0.717, 1.165) is 5.92 Å². The maximum Gasteiger partial charge on any atom is 0.0558 e. The van der Waals surface area contributed by atoms with Crippen molar-refractivity contribution in [1.29, 1.82) is 0 Å². The van der Waals surface area contributed by atoms with E-state index in [1.165, 1.54) is 36.9 Å². The van der Waals surface area contributed by atoms with Gasteiger partial charge in [0.25, 0.3) is 0 Å². The van der Waals surface area contributed by atoms with Gasteiger partial charge in [0.15, 0.2) is 0 Å². The van der Waals surface area contributed by atoms with Crippen LogP contribution in [0.2, 0.25) is 0 Å². The van der Waals surface area contributed by atoms with E-state index in [1.54, 1.807) is 0 Å². The normalized spacial score (nSPS) is 26.3. The van der Waals surface area contributed by atoms with Gasteiger partial charge < -0.3 is 5.32 Å². The van der Waals surface area contributed by atoms with Crippen LogP contribution in [0.15, 0.2) is 18.5 Å². The Morgan fingerprint density at radius 1 is 1.40 bits per heavy atom. The molecule has 0 unspecified atom stereocenters. The van der Waals surface area contributed by atoms with Crippen LogP contribution in [0.1, 0.15) is 38.2 Å². The van der Waals surface area contributed by atoms with Crippen molar-refractivity contribution in [3.8, 4) is 0 Å². The molecule has 2 atom stereocenters. The van der Waals surface area contributed by atoms with Gasteiger partial charge in [0, 0.05) is 12.2 Å². The molecule has 1 heterocycles. The summed E-state index contributed by atoms with van der Waals surface area (Å²) in [6.45, 7) is 4.49. The molecule has 0 aliphatic heterocycles. The van der Waals surface area contributed by atoms with Crippen molar-refractivity contribution >= 4 is 5.69 Å². The van der Waals surface area contributed by atoms with Crippen LogP contribution in [0.4, 0.5) is 5.69 Å². The maximum atomic E-state index is 4.17. The van der Waals surface area contributed by atoms with E-state index >= 15 is 0 Å². The fourth-order valence-corrected chi connectivity index (χ4v) is 2.40. The number of pyridine rings is 1. The topological polar surface area (TPSA) is 24.9 Å². The molecule has 2 nitrogen and oxygen atoms in total. The first-order chi connectivity index (χ1) is 7.25. The number of hydrogen-bond acceptors (Lipinski definition) is 2. The number of aryl methyl sites for hydroxylation is 1. The minimum Gasteiger partial charge on any atom is -0.381 e. The quantitative estimate of drug-likeness (QED) is 0.798. The highest BCUT2D eigenvalue weighted by Gasteiger charge is 2.18. The SMILES string of the molecule is Cc1ccncc1N[C@H]1CCC[C@@H](C)C1. The average molecular weight is 204 g/mol. The van der Waals surface area contributed by atoms with Gasteiger partial charge in [0.1, 0.15) is 0 Å². The zero-order chi connectivity index (χ0) is 10.7. The maximum absolute atomic E-state index is 4.17. The summed E-state index contributed by atoms with van der Waals surface area (Å²) < 4.78 is 0. The predicted molar refractivity (Wildman–Crippen MR) is 64.0 cm³/mol. The Morgan fingerprint density at radius 2 is 2.27 bits per heavy atom. The molecule has 1 fully saturated rings. The van der Waals surface area contributed by atoms with Gasteiger partial charge in [-0.05, 0) is 37.3 Å². The zero-order valence-electron chi connectivity index (χ0n) is 9.66. The molecule has 0 spiro atoms. The standard InChI is InChI=1S/C13H20N2/c1-10-4-3-5-12(8-10)15-13-9-14-7-6-11(13)2/h6-7,9-10,12,15H,3-5,8H2,1-2H3/t10-,12+/m1/s1. The molecular weight excluding hydrogens is 184 g/mol. The lowest BCUT2D eigenvalue weighted by Gasteiger charge is -2.28. The van der Waals surface area contributed by atoms with E-state index in [4.69, 9.17) is 0 Å². The molecular formula is C13H20N2. The molecule has 1 aromatic rings. The third-order valence-corrected chi connectivity index (χ3v) is 3.34. The number of aromatic nitrogens is 1. The zero-order valence-corrected chi connectivity index (χ0v) is 9.66. The lowest BCUT2D eigenvalue weighted by Crippen LogP contribution is -2.26. The molecule has 0 bridgehead atoms. The Morgan fingerprint density at radius 3 is 3.00 bits per heavy atom. The van der Waals surface area contributed by atoms with Crippen LogP contribution in [0.5, 0.6) is 0 Å². The van der Waals surface area contributed by atoms with Crippen LogP contribution < -0.4 is 5.32 Å². The first-order valence-corrected chi connectivity index (χ1v) is 5.93. The lowest BCUT2D eigenvalue weighted by atomic mass is 9.87. The fourth-order valence-electron chi connectivity index (χ4n) is 2.40. The van der Waals surface area contributed by atoms with Gasteiger partial charge in [0.2, 0.25) is 0 Å². The van der Waals surface area contributed by atoms with Crippen molar-refractivity contribution in [2.45, 2.75) is 45.6 Å². The van der Waals surface area contributed by atoms with Crippen molar-refractivity contribution in [3.63, 3.8) is 0 Å². The summed E-state index contributed by atoms with van der Waals surface area (Å²) in [6, 6.07) is 2.71. The van der Waals surface area contributed by atoms with E-state index < -0.39 is 0 Å². The monoisotopic (exact) mass is 204 g/mol. The van der Waals surface area contributed by atoms with Gasteiger partial charge in [-0.1, -0.05) is 19.8 Å². The smallest absolute Gasteiger partial charge is 0.0558 e. The van der Waals surface area contributed by atoms with Crippen molar-refractivity contribution in [2.24, 2.45) is 5.92 Å². The van der Waals surface area contributed by atoms with E-state index in [9.17, 15) is 0 Å². The van der Waals surface area contributed by atoms with E-state index in [-0.39, 0.29) is 0 Å². The van der Waals surface area contributed by atoms with Crippen LogP contribution >= 0.6 is 0 Å². The van der Waals surface area contributed by atoms with Crippen molar-refractivity contribution in [3.05, 3.63) is 24.0 Å². The van der Waals surface area contributed by atoms with Gasteiger partial charge >= 0.3 is 0 Å². The van der Waals surface area contributed by atoms with Crippen LogP contribution in [-0.2, 0) is 0 Å². The Balaban J connectivity index is 1.99. The highest BCUT2D eigenvalue weighted by Crippen LogP contribution is 2.26. The molecule has 1 N–H and O–H groups in total. The summed E-state index contributed by atoms with van der Waals surface area (Å²) in [6.07, 6.45) is 9.15. The van der Waals surface area contributed by atoms with Crippen molar-refractivity contribution in [2.75, 3.05) is 5.32 Å². The van der Waals surface area contributed by atoms with Crippen LogP contribution in [0.3, 0.4) is 0 Å². The molecule has 2 rings (SSSR count).